The fourth-order valence-corrected chi connectivity index (χ4v) is 3.71. The largest absolute Gasteiger partial charge is 0.334 e. The van der Waals surface area contributed by atoms with Crippen LogP contribution in [0.4, 0.5) is 4.39 Å². The van der Waals surface area contributed by atoms with Crippen LogP contribution in [0.2, 0.25) is 0 Å². The molecular weight excluding hydrogens is 317 g/mol. The predicted molar refractivity (Wildman–Crippen MR) is 94.5 cm³/mol. The minimum atomic E-state index is -0.326. The van der Waals surface area contributed by atoms with Crippen molar-refractivity contribution in [1.82, 2.24) is 14.5 Å². The highest BCUT2D eigenvalue weighted by molar-refractivity contribution is 5.84. The van der Waals surface area contributed by atoms with Gasteiger partial charge in [-0.3, -0.25) is 4.79 Å². The Bertz CT molecular complexity index is 903. The van der Waals surface area contributed by atoms with Crippen LogP contribution < -0.4 is 0 Å². The number of likely N-dealkylation sites (tertiary alicyclic amines) is 1. The summed E-state index contributed by atoms with van der Waals surface area (Å²) in [5, 5.41) is 0. The van der Waals surface area contributed by atoms with Crippen LogP contribution in [0.15, 0.2) is 54.9 Å². The summed E-state index contributed by atoms with van der Waals surface area (Å²) in [6.07, 6.45) is 3.61. The lowest BCUT2D eigenvalue weighted by Crippen LogP contribution is -2.35. The van der Waals surface area contributed by atoms with Gasteiger partial charge in [-0.05, 0) is 49.6 Å². The summed E-state index contributed by atoms with van der Waals surface area (Å²) in [6, 6.07) is 14.0. The summed E-state index contributed by atoms with van der Waals surface area (Å²) in [7, 11) is 0. The highest BCUT2D eigenvalue weighted by Crippen LogP contribution is 2.34. The van der Waals surface area contributed by atoms with Gasteiger partial charge in [0, 0.05) is 6.54 Å². The zero-order chi connectivity index (χ0) is 17.4. The standard InChI is InChI=1S/C20H20FN3O/c1-14(24-13-22-17-5-2-3-6-19(17)24)20(25)23-12-4-7-18(23)15-8-10-16(21)11-9-15/h2-3,5-6,8-11,13-14,18H,4,7,12H2,1H3. The third-order valence-electron chi connectivity index (χ3n) is 5.05. The molecular formula is C20H20FN3O. The SMILES string of the molecule is CC(C(=O)N1CCCC1c1ccc(F)cc1)n1cnc2ccccc21. The normalized spacial score (nSPS) is 18.6. The average molecular weight is 337 g/mol. The van der Waals surface area contributed by atoms with Gasteiger partial charge in [0.15, 0.2) is 0 Å². The van der Waals surface area contributed by atoms with E-state index in [2.05, 4.69) is 4.98 Å². The van der Waals surface area contributed by atoms with E-state index in [0.717, 1.165) is 36.0 Å². The van der Waals surface area contributed by atoms with E-state index < -0.39 is 0 Å². The molecule has 0 saturated carbocycles. The Morgan fingerprint density at radius 3 is 2.76 bits per heavy atom. The van der Waals surface area contributed by atoms with Crippen molar-refractivity contribution in [2.24, 2.45) is 0 Å². The molecule has 1 fully saturated rings. The Morgan fingerprint density at radius 2 is 1.96 bits per heavy atom. The number of para-hydroxylation sites is 2. The molecule has 0 radical (unpaired) electrons. The maximum absolute atomic E-state index is 13.2. The average Bonchev–Trinajstić information content (AvgIpc) is 3.28. The second kappa shape index (κ2) is 6.31. The number of hydrogen-bond acceptors (Lipinski definition) is 2. The second-order valence-electron chi connectivity index (χ2n) is 6.56. The summed E-state index contributed by atoms with van der Waals surface area (Å²) < 4.78 is 15.1. The van der Waals surface area contributed by atoms with E-state index in [1.807, 2.05) is 40.7 Å². The molecule has 1 aliphatic heterocycles. The second-order valence-corrected chi connectivity index (χ2v) is 6.56. The molecule has 0 bridgehead atoms. The summed E-state index contributed by atoms with van der Waals surface area (Å²) in [4.78, 5) is 19.5. The first-order chi connectivity index (χ1) is 12.1. The zero-order valence-corrected chi connectivity index (χ0v) is 14.1. The van der Waals surface area contributed by atoms with Gasteiger partial charge in [0.1, 0.15) is 11.9 Å². The highest BCUT2D eigenvalue weighted by atomic mass is 19.1. The number of halogens is 1. The number of carbonyl (C=O) groups is 1. The van der Waals surface area contributed by atoms with Crippen molar-refractivity contribution in [1.29, 1.82) is 0 Å². The van der Waals surface area contributed by atoms with Crippen molar-refractivity contribution in [3.63, 3.8) is 0 Å². The van der Waals surface area contributed by atoms with Crippen LogP contribution in [0, 0.1) is 5.82 Å². The lowest BCUT2D eigenvalue weighted by Gasteiger charge is -2.28. The van der Waals surface area contributed by atoms with E-state index in [1.54, 1.807) is 18.5 Å². The van der Waals surface area contributed by atoms with Crippen molar-refractivity contribution >= 4 is 16.9 Å². The van der Waals surface area contributed by atoms with Gasteiger partial charge in [0.25, 0.3) is 0 Å². The third kappa shape index (κ3) is 2.80. The van der Waals surface area contributed by atoms with Gasteiger partial charge in [0.05, 0.1) is 23.4 Å². The third-order valence-corrected chi connectivity index (χ3v) is 5.05. The molecule has 0 N–H and O–H groups in total. The number of aromatic nitrogens is 2. The van der Waals surface area contributed by atoms with Gasteiger partial charge in [0.2, 0.25) is 5.91 Å². The van der Waals surface area contributed by atoms with E-state index in [4.69, 9.17) is 0 Å². The fourth-order valence-electron chi connectivity index (χ4n) is 3.71. The number of amides is 1. The minimum Gasteiger partial charge on any atom is -0.334 e. The number of nitrogens with zero attached hydrogens (tertiary/aromatic N) is 3. The van der Waals surface area contributed by atoms with Crippen molar-refractivity contribution in [2.45, 2.75) is 31.8 Å². The molecule has 1 aliphatic rings. The van der Waals surface area contributed by atoms with E-state index in [1.165, 1.54) is 12.1 Å². The first-order valence-electron chi connectivity index (χ1n) is 8.62. The first-order valence-corrected chi connectivity index (χ1v) is 8.62. The van der Waals surface area contributed by atoms with Crippen molar-refractivity contribution in [2.75, 3.05) is 6.54 Å². The predicted octanol–water partition coefficient (Wildman–Crippen LogP) is 4.10. The molecule has 25 heavy (non-hydrogen) atoms. The van der Waals surface area contributed by atoms with Gasteiger partial charge in [-0.15, -0.1) is 0 Å². The van der Waals surface area contributed by atoms with Crippen LogP contribution in [0.1, 0.15) is 37.4 Å². The lowest BCUT2D eigenvalue weighted by atomic mass is 10.0. The zero-order valence-electron chi connectivity index (χ0n) is 14.1. The number of benzene rings is 2. The molecule has 2 heterocycles. The Labute approximate surface area is 145 Å². The molecule has 3 aromatic rings. The molecule has 128 valence electrons. The van der Waals surface area contributed by atoms with Crippen LogP contribution in [0.25, 0.3) is 11.0 Å². The number of imidazole rings is 1. The summed E-state index contributed by atoms with van der Waals surface area (Å²) in [5.74, 6) is -0.173. The smallest absolute Gasteiger partial charge is 0.245 e. The number of hydrogen-bond donors (Lipinski definition) is 0. The monoisotopic (exact) mass is 337 g/mol. The van der Waals surface area contributed by atoms with Crippen LogP contribution in [-0.4, -0.2) is 26.9 Å². The first kappa shape index (κ1) is 15.8. The Hall–Kier alpha value is -2.69. The van der Waals surface area contributed by atoms with Gasteiger partial charge in [-0.2, -0.15) is 0 Å². The van der Waals surface area contributed by atoms with Gasteiger partial charge in [-0.25, -0.2) is 9.37 Å². The van der Waals surface area contributed by atoms with E-state index in [9.17, 15) is 9.18 Å². The summed E-state index contributed by atoms with van der Waals surface area (Å²) in [5.41, 5.74) is 2.84. The Kier molecular flexibility index (Phi) is 3.99. The van der Waals surface area contributed by atoms with Gasteiger partial charge in [-0.1, -0.05) is 24.3 Å². The van der Waals surface area contributed by atoms with E-state index in [0.29, 0.717) is 0 Å². The number of carbonyl (C=O) groups excluding carboxylic acids is 1. The van der Waals surface area contributed by atoms with Crippen LogP contribution >= 0.6 is 0 Å². The number of fused-ring (bicyclic) bond motifs is 1. The molecule has 2 atom stereocenters. The maximum Gasteiger partial charge on any atom is 0.245 e. The molecule has 1 saturated heterocycles. The van der Waals surface area contributed by atoms with E-state index >= 15 is 0 Å². The molecule has 1 aromatic heterocycles. The molecule has 1 amide bonds. The molecule has 2 unspecified atom stereocenters. The van der Waals surface area contributed by atoms with Crippen LogP contribution in [0.5, 0.6) is 0 Å². The summed E-state index contributed by atoms with van der Waals surface area (Å²) in [6.45, 7) is 2.65. The Morgan fingerprint density at radius 1 is 1.20 bits per heavy atom. The lowest BCUT2D eigenvalue weighted by molar-refractivity contribution is -0.135. The van der Waals surface area contributed by atoms with Crippen molar-refractivity contribution in [3.05, 3.63) is 66.2 Å². The van der Waals surface area contributed by atoms with E-state index in [-0.39, 0.29) is 23.8 Å². The van der Waals surface area contributed by atoms with Gasteiger partial charge >= 0.3 is 0 Å². The topological polar surface area (TPSA) is 38.1 Å². The maximum atomic E-state index is 13.2. The summed E-state index contributed by atoms with van der Waals surface area (Å²) >= 11 is 0. The quantitative estimate of drug-likeness (QED) is 0.722. The molecule has 5 heteroatoms. The molecule has 0 aliphatic carbocycles. The fraction of sp³-hybridized carbons (Fsp3) is 0.300. The molecule has 4 rings (SSSR count). The minimum absolute atomic E-state index is 0.0188. The van der Waals surface area contributed by atoms with Gasteiger partial charge < -0.3 is 9.47 Å². The molecule has 4 nitrogen and oxygen atoms in total. The number of rotatable bonds is 3. The van der Waals surface area contributed by atoms with Crippen LogP contribution in [0.3, 0.4) is 0 Å². The highest BCUT2D eigenvalue weighted by Gasteiger charge is 2.33. The van der Waals surface area contributed by atoms with Crippen molar-refractivity contribution < 1.29 is 9.18 Å². The van der Waals surface area contributed by atoms with Crippen molar-refractivity contribution in [3.8, 4) is 0 Å². The Balaban J connectivity index is 1.61. The molecule has 0 spiro atoms. The van der Waals surface area contributed by atoms with Crippen LogP contribution in [-0.2, 0) is 4.79 Å². The molecule has 2 aromatic carbocycles.